The Balaban J connectivity index is 0.000000415. The second kappa shape index (κ2) is 13.9. The van der Waals surface area contributed by atoms with Crippen molar-refractivity contribution >= 4 is 14.4 Å². The molecule has 3 heteroatoms. The van der Waals surface area contributed by atoms with Gasteiger partial charge in [0.15, 0.2) is 0 Å². The minimum Gasteiger partial charge on any atom is -1.00 e. The second-order valence-corrected chi connectivity index (χ2v) is 20.1. The number of fused-ring (bicyclic) bond motifs is 5. The molecule has 0 bridgehead atoms. The molecule has 0 fully saturated rings. The Labute approximate surface area is 309 Å². The van der Waals surface area contributed by atoms with E-state index < -0.39 is 0 Å². The molecule has 2 aromatic rings. The van der Waals surface area contributed by atoms with E-state index in [9.17, 15) is 0 Å². The van der Waals surface area contributed by atoms with Gasteiger partial charge < -0.3 is 24.8 Å². The van der Waals surface area contributed by atoms with Crippen molar-refractivity contribution in [2.24, 2.45) is 16.2 Å². The van der Waals surface area contributed by atoms with Crippen molar-refractivity contribution in [1.82, 2.24) is 0 Å². The summed E-state index contributed by atoms with van der Waals surface area (Å²) in [6, 6.07) is 10.0. The Bertz CT molecular complexity index is 1520. The molecule has 0 amide bonds. The van der Waals surface area contributed by atoms with Gasteiger partial charge in [-0.1, -0.05) is 119 Å². The number of hydrogen-bond acceptors (Lipinski definition) is 0. The van der Waals surface area contributed by atoms with Gasteiger partial charge in [0.25, 0.3) is 0 Å². The van der Waals surface area contributed by atoms with Crippen molar-refractivity contribution in [3.8, 4) is 11.1 Å². The van der Waals surface area contributed by atoms with Crippen LogP contribution >= 0.6 is 0 Å². The zero-order valence-corrected chi connectivity index (χ0v) is 35.2. The van der Waals surface area contributed by atoms with E-state index in [0.717, 1.165) is 12.8 Å². The fourth-order valence-corrected chi connectivity index (χ4v) is 6.86. The Morgan fingerprint density at radius 1 is 0.696 bits per heavy atom. The minimum atomic E-state index is -0.0202. The molecule has 6 rings (SSSR count). The third-order valence-corrected chi connectivity index (χ3v) is 9.15. The first-order valence-corrected chi connectivity index (χ1v) is 17.7. The summed E-state index contributed by atoms with van der Waals surface area (Å²) in [6.45, 7) is 34.3. The summed E-state index contributed by atoms with van der Waals surface area (Å²) in [5, 5.41) is 0. The van der Waals surface area contributed by atoms with E-state index in [-0.39, 0.29) is 46.5 Å². The molecular formula is C43H56Cl2Zr-2. The molecule has 0 spiro atoms. The van der Waals surface area contributed by atoms with Crippen molar-refractivity contribution in [3.05, 3.63) is 93.6 Å². The summed E-state index contributed by atoms with van der Waals surface area (Å²) >= 11 is 1.55. The van der Waals surface area contributed by atoms with E-state index in [2.05, 4.69) is 159 Å². The molecule has 0 nitrogen and oxygen atoms in total. The number of benzene rings is 2. The van der Waals surface area contributed by atoms with Gasteiger partial charge in [-0.25, -0.2) is 11.6 Å². The van der Waals surface area contributed by atoms with Crippen molar-refractivity contribution in [2.75, 3.05) is 0 Å². The topological polar surface area (TPSA) is 0 Å². The molecule has 4 aliphatic rings. The number of rotatable bonds is 0. The number of hydrogen-bond donors (Lipinski definition) is 0. The maximum atomic E-state index is 3.85. The van der Waals surface area contributed by atoms with Gasteiger partial charge in [0, 0.05) is 5.41 Å². The smallest absolute Gasteiger partial charge is 1.00 e. The second-order valence-electron chi connectivity index (χ2n) is 17.7. The van der Waals surface area contributed by atoms with Crippen LogP contribution in [0, 0.1) is 28.4 Å². The van der Waals surface area contributed by atoms with Crippen molar-refractivity contribution in [1.29, 1.82) is 0 Å². The summed E-state index contributed by atoms with van der Waals surface area (Å²) in [5.74, 6) is 0. The Morgan fingerprint density at radius 3 is 1.61 bits per heavy atom. The SMILES string of the molecule is CC(C)(C)C1=CC[C-]=C1.CC(C)(C)C1=[C-]C(C)(C)c2cc3c(cc21)-c1cc2c(cc1C3)C(C)(C)C=C2C(C)(C)C.C[C](C)=[Zr+2].[Cl-].[Cl-]. The van der Waals surface area contributed by atoms with Crippen LogP contribution in [0.25, 0.3) is 22.3 Å². The third kappa shape index (κ3) is 8.47. The molecule has 46 heavy (non-hydrogen) atoms. The van der Waals surface area contributed by atoms with Gasteiger partial charge in [-0.3, -0.25) is 12.2 Å². The van der Waals surface area contributed by atoms with Crippen LogP contribution < -0.4 is 24.8 Å². The molecule has 0 heterocycles. The molecule has 0 aliphatic heterocycles. The van der Waals surface area contributed by atoms with Gasteiger partial charge in [0.1, 0.15) is 0 Å². The molecule has 0 saturated carbocycles. The summed E-state index contributed by atoms with van der Waals surface area (Å²) in [5.41, 5.74) is 16.6. The van der Waals surface area contributed by atoms with Crippen molar-refractivity contribution < 1.29 is 49.0 Å². The van der Waals surface area contributed by atoms with Gasteiger partial charge in [-0.05, 0) is 62.3 Å². The number of halogens is 2. The van der Waals surface area contributed by atoms with E-state index in [4.69, 9.17) is 0 Å². The molecular weight excluding hydrogens is 679 g/mol. The van der Waals surface area contributed by atoms with E-state index in [1.165, 1.54) is 64.4 Å². The molecule has 248 valence electrons. The first kappa shape index (κ1) is 40.9. The first-order chi connectivity index (χ1) is 19.9. The molecule has 0 radical (unpaired) electrons. The van der Waals surface area contributed by atoms with Gasteiger partial charge in [-0.2, -0.15) is 17.2 Å². The van der Waals surface area contributed by atoms with Crippen LogP contribution in [-0.4, -0.2) is 3.21 Å². The largest absolute Gasteiger partial charge is 1.00 e. The standard InChI is InChI=1S/C31H37.C9H13.C3H6.2ClH.Zr/c1-28(2,3)26-16-30(7,8)24-12-18-11-19-13-25-23(15-21(19)20(18)14-22(24)26)27(29(4,5)6)17-31(25,9)10;1-9(2,3)8-6-4-5-7-8;1-3-2;;;/h12-16H,11H2,1-10H3;6-7H,4H2,1-3H3;1-2H3;2*1H;/q2*-1;;;;+2/p-2. The van der Waals surface area contributed by atoms with E-state index >= 15 is 0 Å². The van der Waals surface area contributed by atoms with E-state index in [1.807, 2.05) is 0 Å². The normalized spacial score (nSPS) is 17.7. The molecule has 0 saturated heterocycles. The maximum absolute atomic E-state index is 3.85. The predicted octanol–water partition coefficient (Wildman–Crippen LogP) is 5.98. The fraction of sp³-hybridized carbons (Fsp3) is 0.512. The van der Waals surface area contributed by atoms with Crippen molar-refractivity contribution in [3.63, 3.8) is 0 Å². The summed E-state index contributed by atoms with van der Waals surface area (Å²) in [4.78, 5) is 0. The zero-order chi connectivity index (χ0) is 33.2. The van der Waals surface area contributed by atoms with Crippen LogP contribution in [0.5, 0.6) is 0 Å². The average molecular weight is 735 g/mol. The molecule has 0 aromatic heterocycles. The van der Waals surface area contributed by atoms with Gasteiger partial charge in [0.2, 0.25) is 0 Å². The molecule has 4 aliphatic carbocycles. The van der Waals surface area contributed by atoms with Crippen molar-refractivity contribution in [2.45, 2.75) is 128 Å². The zero-order valence-electron chi connectivity index (χ0n) is 31.2. The quantitative estimate of drug-likeness (QED) is 0.250. The predicted molar refractivity (Wildman–Crippen MR) is 191 cm³/mol. The maximum Gasteiger partial charge on any atom is -1.00 e. The van der Waals surface area contributed by atoms with Crippen LogP contribution in [-0.2, 0) is 41.5 Å². The molecule has 0 unspecified atom stereocenters. The van der Waals surface area contributed by atoms with E-state index in [1.54, 1.807) is 24.2 Å². The third-order valence-electron chi connectivity index (χ3n) is 9.15. The molecule has 0 atom stereocenters. The van der Waals surface area contributed by atoms with Gasteiger partial charge in [-0.15, -0.1) is 18.1 Å². The summed E-state index contributed by atoms with van der Waals surface area (Å²) in [6.07, 6.45) is 15.9. The monoisotopic (exact) mass is 732 g/mol. The average Bonchev–Trinajstić information content (AvgIpc) is 3.60. The fourth-order valence-electron chi connectivity index (χ4n) is 6.86. The number of allylic oxidation sites excluding steroid dienone is 8. The summed E-state index contributed by atoms with van der Waals surface area (Å²) < 4.78 is 1.51. The van der Waals surface area contributed by atoms with E-state index in [0.29, 0.717) is 5.41 Å². The first-order valence-electron chi connectivity index (χ1n) is 16.5. The Morgan fingerprint density at radius 2 is 1.20 bits per heavy atom. The minimum absolute atomic E-state index is 0. The summed E-state index contributed by atoms with van der Waals surface area (Å²) in [7, 11) is 0. The molecule has 2 aromatic carbocycles. The van der Waals surface area contributed by atoms with Crippen LogP contribution in [0.15, 0.2) is 48.1 Å². The van der Waals surface area contributed by atoms with Crippen LogP contribution in [0.4, 0.5) is 0 Å². The van der Waals surface area contributed by atoms with Gasteiger partial charge >= 0.3 is 41.3 Å². The van der Waals surface area contributed by atoms with Crippen LogP contribution in [0.2, 0.25) is 0 Å². The Hall–Kier alpha value is -1.27. The Kier molecular flexibility index (Phi) is 12.4. The van der Waals surface area contributed by atoms with Crippen LogP contribution in [0.3, 0.4) is 0 Å². The van der Waals surface area contributed by atoms with Gasteiger partial charge in [0.05, 0.1) is 0 Å². The van der Waals surface area contributed by atoms with Crippen LogP contribution in [0.1, 0.15) is 144 Å². The molecule has 0 N–H and O–H groups in total.